The van der Waals surface area contributed by atoms with Gasteiger partial charge in [0.2, 0.25) is 0 Å². The minimum Gasteiger partial charge on any atom is -0.307 e. The molecule has 0 fully saturated rings. The van der Waals surface area contributed by atoms with Crippen LogP contribution >= 0.6 is 0 Å². The molecule has 6 nitrogen and oxygen atoms in total. The first kappa shape index (κ1) is 13.5. The van der Waals surface area contributed by atoms with E-state index in [0.29, 0.717) is 11.9 Å². The second-order valence-corrected chi connectivity index (χ2v) is 5.41. The molecule has 0 bridgehead atoms. The van der Waals surface area contributed by atoms with Gasteiger partial charge in [-0.2, -0.15) is 0 Å². The Hall–Kier alpha value is -3.15. The molecule has 2 aromatic carbocycles. The van der Waals surface area contributed by atoms with Gasteiger partial charge in [-0.3, -0.25) is 10.1 Å². The predicted octanol–water partition coefficient (Wildman–Crippen LogP) is 4.18. The molecule has 0 spiro atoms. The molecule has 2 heterocycles. The van der Waals surface area contributed by atoms with Gasteiger partial charge in [-0.25, -0.2) is 4.98 Å². The summed E-state index contributed by atoms with van der Waals surface area (Å²) in [6.45, 7) is 2.01. The highest BCUT2D eigenvalue weighted by molar-refractivity contribution is 6.16. The average molecular weight is 306 g/mol. The van der Waals surface area contributed by atoms with E-state index in [4.69, 9.17) is 0 Å². The Balaban J connectivity index is 2.23. The number of nitro groups is 1. The number of nitrogens with one attached hydrogen (secondary N) is 2. The third-order valence-electron chi connectivity index (χ3n) is 4.11. The summed E-state index contributed by atoms with van der Waals surface area (Å²) < 4.78 is 0. The van der Waals surface area contributed by atoms with E-state index in [1.807, 2.05) is 37.3 Å². The summed E-state index contributed by atoms with van der Waals surface area (Å²) in [5.74, 6) is 0. The molecular weight excluding hydrogens is 292 g/mol. The van der Waals surface area contributed by atoms with Crippen molar-refractivity contribution >= 4 is 27.5 Å². The zero-order chi connectivity index (χ0) is 16.0. The molecule has 0 radical (unpaired) electrons. The summed E-state index contributed by atoms with van der Waals surface area (Å²) in [5.41, 5.74) is 4.18. The lowest BCUT2D eigenvalue weighted by molar-refractivity contribution is -0.383. The third-order valence-corrected chi connectivity index (χ3v) is 4.11. The van der Waals surface area contributed by atoms with Crippen LogP contribution in [0.5, 0.6) is 0 Å². The van der Waals surface area contributed by atoms with Gasteiger partial charge in [-0.05, 0) is 12.0 Å². The van der Waals surface area contributed by atoms with Gasteiger partial charge in [0, 0.05) is 34.3 Å². The minimum absolute atomic E-state index is 0.0392. The lowest BCUT2D eigenvalue weighted by Crippen LogP contribution is -1.90. The molecule has 2 aromatic heterocycles. The first-order chi connectivity index (χ1) is 11.2. The lowest BCUT2D eigenvalue weighted by Gasteiger charge is -2.03. The van der Waals surface area contributed by atoms with Crippen LogP contribution in [0.4, 0.5) is 5.69 Å². The smallest absolute Gasteiger partial charge is 0.296 e. The zero-order valence-electron chi connectivity index (χ0n) is 12.5. The van der Waals surface area contributed by atoms with Gasteiger partial charge >= 0.3 is 0 Å². The summed E-state index contributed by atoms with van der Waals surface area (Å²) in [6, 6.07) is 11.5. The molecule has 0 aliphatic carbocycles. The standard InChI is InChI=1S/C17H14N4O2/c1-2-12-14(10-6-4-3-5-7-10)15-16-11(9-18-20-16)8-13(21(22)23)17(15)19-12/h3-9,18,20H,2H2,1H3. The van der Waals surface area contributed by atoms with Crippen molar-refractivity contribution in [1.29, 1.82) is 0 Å². The highest BCUT2D eigenvalue weighted by Gasteiger charge is 2.24. The van der Waals surface area contributed by atoms with Crippen LogP contribution in [0.25, 0.3) is 32.9 Å². The molecule has 23 heavy (non-hydrogen) atoms. The summed E-state index contributed by atoms with van der Waals surface area (Å²) in [4.78, 5) is 15.7. The van der Waals surface area contributed by atoms with E-state index in [1.54, 1.807) is 12.3 Å². The summed E-state index contributed by atoms with van der Waals surface area (Å²) >= 11 is 0. The van der Waals surface area contributed by atoms with Crippen LogP contribution in [0, 0.1) is 10.1 Å². The number of hydrogen-bond donors (Lipinski definition) is 2. The highest BCUT2D eigenvalue weighted by atomic mass is 16.6. The van der Waals surface area contributed by atoms with Gasteiger partial charge in [-0.1, -0.05) is 37.3 Å². The number of fused-ring (bicyclic) bond motifs is 3. The van der Waals surface area contributed by atoms with Crippen molar-refractivity contribution < 1.29 is 4.92 Å². The van der Waals surface area contributed by atoms with Crippen molar-refractivity contribution in [2.24, 2.45) is 0 Å². The van der Waals surface area contributed by atoms with E-state index in [-0.39, 0.29) is 10.6 Å². The van der Waals surface area contributed by atoms with Gasteiger partial charge in [0.1, 0.15) is 0 Å². The number of nitro benzene ring substituents is 1. The van der Waals surface area contributed by atoms with E-state index in [2.05, 4.69) is 15.2 Å². The number of H-pyrrole nitrogens is 2. The largest absolute Gasteiger partial charge is 0.307 e. The van der Waals surface area contributed by atoms with E-state index < -0.39 is 0 Å². The maximum atomic E-state index is 11.5. The van der Waals surface area contributed by atoms with Gasteiger partial charge in [-0.15, -0.1) is 0 Å². The Morgan fingerprint density at radius 2 is 2.04 bits per heavy atom. The molecule has 0 aliphatic rings. The molecule has 4 aromatic rings. The van der Waals surface area contributed by atoms with E-state index in [1.165, 1.54) is 0 Å². The van der Waals surface area contributed by atoms with Crippen LogP contribution in [0.3, 0.4) is 0 Å². The van der Waals surface area contributed by atoms with E-state index >= 15 is 0 Å². The number of hydrogen-bond acceptors (Lipinski definition) is 3. The summed E-state index contributed by atoms with van der Waals surface area (Å²) in [7, 11) is 0. The topological polar surface area (TPSA) is 87.6 Å². The first-order valence-electron chi connectivity index (χ1n) is 7.41. The molecule has 0 saturated heterocycles. The molecule has 0 saturated carbocycles. The Bertz CT molecular complexity index is 1030. The number of aromatic amines is 2. The molecule has 0 amide bonds. The van der Waals surface area contributed by atoms with Crippen LogP contribution in [-0.4, -0.2) is 20.1 Å². The second-order valence-electron chi connectivity index (χ2n) is 5.41. The Labute approximate surface area is 131 Å². The van der Waals surface area contributed by atoms with E-state index in [9.17, 15) is 10.1 Å². The fourth-order valence-corrected chi connectivity index (χ4v) is 3.12. The molecule has 2 N–H and O–H groups in total. The predicted molar refractivity (Wildman–Crippen MR) is 89.4 cm³/mol. The van der Waals surface area contributed by atoms with Crippen molar-refractivity contribution in [3.8, 4) is 11.1 Å². The highest BCUT2D eigenvalue weighted by Crippen LogP contribution is 2.40. The molecule has 0 unspecified atom stereocenters. The van der Waals surface area contributed by atoms with Crippen molar-refractivity contribution in [2.75, 3.05) is 0 Å². The number of aryl methyl sites for hydroxylation is 1. The molecule has 4 rings (SSSR count). The van der Waals surface area contributed by atoms with Crippen molar-refractivity contribution in [3.05, 3.63) is 58.4 Å². The SMILES string of the molecule is CCc1nc2c([N+](=O)[O-])cc3c[nH][nH]c3c2c1-c1ccccc1. The average Bonchev–Trinajstić information content (AvgIpc) is 3.18. The van der Waals surface area contributed by atoms with Gasteiger partial charge in [0.05, 0.1) is 10.4 Å². The Kier molecular flexibility index (Phi) is 2.90. The van der Waals surface area contributed by atoms with Crippen molar-refractivity contribution in [3.63, 3.8) is 0 Å². The summed E-state index contributed by atoms with van der Waals surface area (Å²) in [6.07, 6.45) is 2.44. The molecule has 114 valence electrons. The number of non-ortho nitro benzene ring substituents is 1. The fourth-order valence-electron chi connectivity index (χ4n) is 3.12. The Morgan fingerprint density at radius 3 is 2.74 bits per heavy atom. The quantitative estimate of drug-likeness (QED) is 0.439. The monoisotopic (exact) mass is 306 g/mol. The third kappa shape index (κ3) is 1.92. The van der Waals surface area contributed by atoms with Crippen LogP contribution in [0.2, 0.25) is 0 Å². The molecule has 6 heteroatoms. The lowest BCUT2D eigenvalue weighted by atomic mass is 9.99. The first-order valence-corrected chi connectivity index (χ1v) is 7.41. The second kappa shape index (κ2) is 4.95. The zero-order valence-corrected chi connectivity index (χ0v) is 12.5. The molecule has 0 aliphatic heterocycles. The fraction of sp³-hybridized carbons (Fsp3) is 0.118. The van der Waals surface area contributed by atoms with Crippen LogP contribution in [0.15, 0.2) is 42.6 Å². The maximum Gasteiger partial charge on any atom is 0.296 e. The normalized spacial score (nSPS) is 11.3. The van der Waals surface area contributed by atoms with Crippen molar-refractivity contribution in [1.82, 2.24) is 15.2 Å². The van der Waals surface area contributed by atoms with Gasteiger partial charge in [0.25, 0.3) is 5.69 Å². The maximum absolute atomic E-state index is 11.5. The summed E-state index contributed by atoms with van der Waals surface area (Å²) in [5, 5.41) is 19.1. The van der Waals surface area contributed by atoms with Gasteiger partial charge in [0.15, 0.2) is 5.52 Å². The van der Waals surface area contributed by atoms with Crippen molar-refractivity contribution in [2.45, 2.75) is 13.3 Å². The number of rotatable bonds is 3. The van der Waals surface area contributed by atoms with E-state index in [0.717, 1.165) is 33.1 Å². The van der Waals surface area contributed by atoms with Crippen LogP contribution in [0.1, 0.15) is 12.6 Å². The molecule has 0 atom stereocenters. The van der Waals surface area contributed by atoms with Crippen LogP contribution in [-0.2, 0) is 6.42 Å². The Morgan fingerprint density at radius 1 is 1.26 bits per heavy atom. The number of benzene rings is 2. The number of nitrogens with zero attached hydrogens (tertiary/aromatic N) is 2. The van der Waals surface area contributed by atoms with Gasteiger partial charge < -0.3 is 10.2 Å². The molecular formula is C17H14N4O2. The number of aromatic nitrogens is 3. The van der Waals surface area contributed by atoms with Crippen LogP contribution < -0.4 is 0 Å². The minimum atomic E-state index is -0.365.